The molecule has 1 unspecified atom stereocenters. The van der Waals surface area contributed by atoms with Gasteiger partial charge in [-0.05, 0) is 64.0 Å². The number of thiazole rings is 1. The summed E-state index contributed by atoms with van der Waals surface area (Å²) >= 11 is 1.16. The van der Waals surface area contributed by atoms with Crippen LogP contribution in [0.2, 0.25) is 0 Å². The lowest BCUT2D eigenvalue weighted by Gasteiger charge is -2.30. The number of ether oxygens (including phenoxy) is 1. The molecule has 5 atom stereocenters. The van der Waals surface area contributed by atoms with E-state index >= 15 is 0 Å². The van der Waals surface area contributed by atoms with Crippen molar-refractivity contribution in [3.63, 3.8) is 0 Å². The smallest absolute Gasteiger partial charge is 0.263 e. The summed E-state index contributed by atoms with van der Waals surface area (Å²) < 4.78 is 48.3. The SMILES string of the molecule is CCc1nc2ccc(F)cc2nc1O[C@@H]1C[C@H]2C(=O)N[C@]3(C(=O)NS(=O)(=O)C4CC4)CC3/C=C\CCCCC[C@H](NC(=O)c3scnc3C)C(=O)N2C1. The van der Waals surface area contributed by atoms with Crippen molar-refractivity contribution >= 4 is 56.0 Å². The Hall–Kier alpha value is -4.51. The second-order valence-corrected chi connectivity index (χ2v) is 17.1. The van der Waals surface area contributed by atoms with Crippen molar-refractivity contribution in [1.29, 1.82) is 0 Å². The highest BCUT2D eigenvalue weighted by Gasteiger charge is 2.62. The number of benzene rings is 1. The molecule has 2 aliphatic heterocycles. The van der Waals surface area contributed by atoms with Crippen LogP contribution in [0.4, 0.5) is 4.39 Å². The zero-order valence-electron chi connectivity index (χ0n) is 29.5. The van der Waals surface area contributed by atoms with Gasteiger partial charge in [0.15, 0.2) is 0 Å². The molecule has 2 saturated carbocycles. The molecule has 4 aliphatic rings. The summed E-state index contributed by atoms with van der Waals surface area (Å²) in [4.78, 5) is 71.0. The number of aromatic nitrogens is 3. The van der Waals surface area contributed by atoms with E-state index in [0.29, 0.717) is 60.3 Å². The van der Waals surface area contributed by atoms with Crippen molar-refractivity contribution in [2.45, 2.75) is 107 Å². The van der Waals surface area contributed by atoms with E-state index in [0.717, 1.165) is 24.2 Å². The number of allylic oxidation sites excluding steroid dienone is 1. The minimum absolute atomic E-state index is 0.00318. The third-order valence-electron chi connectivity index (χ3n) is 10.4. The molecule has 7 rings (SSSR count). The molecule has 2 aromatic heterocycles. The molecular formula is C36H42FN7O7S2. The van der Waals surface area contributed by atoms with Gasteiger partial charge in [-0.3, -0.25) is 23.9 Å². The fraction of sp³-hybridized carbons (Fsp3) is 0.528. The van der Waals surface area contributed by atoms with Crippen LogP contribution in [-0.2, 0) is 30.8 Å². The zero-order chi connectivity index (χ0) is 37.5. The summed E-state index contributed by atoms with van der Waals surface area (Å²) in [6.07, 6.45) is 7.73. The number of rotatable bonds is 8. The van der Waals surface area contributed by atoms with Gasteiger partial charge in [-0.15, -0.1) is 11.3 Å². The van der Waals surface area contributed by atoms with E-state index < -0.39 is 74.4 Å². The van der Waals surface area contributed by atoms with Crippen molar-refractivity contribution in [2.24, 2.45) is 5.92 Å². The maximum atomic E-state index is 14.5. The number of aryl methyl sites for hydroxylation is 2. The van der Waals surface area contributed by atoms with E-state index in [1.54, 1.807) is 12.4 Å². The quantitative estimate of drug-likeness (QED) is 0.287. The van der Waals surface area contributed by atoms with Gasteiger partial charge in [0.25, 0.3) is 11.8 Å². The number of amides is 4. The largest absolute Gasteiger partial charge is 0.471 e. The maximum absolute atomic E-state index is 14.5. The normalized spacial score (nSPS) is 27.1. The van der Waals surface area contributed by atoms with Gasteiger partial charge in [-0.2, -0.15) is 0 Å². The van der Waals surface area contributed by atoms with Gasteiger partial charge in [0.2, 0.25) is 27.7 Å². The van der Waals surface area contributed by atoms with Crippen molar-refractivity contribution in [1.82, 2.24) is 35.2 Å². The van der Waals surface area contributed by atoms with Crippen LogP contribution in [0, 0.1) is 18.7 Å². The summed E-state index contributed by atoms with van der Waals surface area (Å²) in [5.74, 6) is -3.20. The molecule has 0 spiro atoms. The second kappa shape index (κ2) is 14.7. The third-order valence-corrected chi connectivity index (χ3v) is 13.1. The number of carbonyl (C=O) groups excluding carboxylic acids is 4. The van der Waals surface area contributed by atoms with Crippen molar-refractivity contribution in [3.8, 4) is 5.88 Å². The van der Waals surface area contributed by atoms with Crippen molar-refractivity contribution < 1.29 is 36.7 Å². The molecule has 0 radical (unpaired) electrons. The molecule has 4 heterocycles. The number of hydrogen-bond acceptors (Lipinski definition) is 11. The standard InChI is InChI=1S/C36H42FN7O7S2/c1-3-25-33(41-28-15-22(37)11-14-26(28)39-25)51-23-16-29-31(45)42-36(35(48)43-53(49,50)24-12-13-24)17-21(36)9-7-5-4-6-8-10-27(34(47)44(29)18-23)40-32(46)30-20(2)38-19-52-30/h7,9,11,14-15,19,21,23-24,27,29H,3-6,8,10,12-13,16-18H2,1-2H3,(H,40,46)(H,42,45)(H,43,48)/b9-7-/t21?,23-,27+,29+,36-/m1/s1. The number of halogens is 1. The predicted octanol–water partition coefficient (Wildman–Crippen LogP) is 3.25. The molecule has 2 aliphatic carbocycles. The van der Waals surface area contributed by atoms with Gasteiger partial charge in [-0.25, -0.2) is 27.8 Å². The van der Waals surface area contributed by atoms with Crippen molar-refractivity contribution in [3.05, 3.63) is 57.9 Å². The minimum Gasteiger partial charge on any atom is -0.471 e. The monoisotopic (exact) mass is 767 g/mol. The Bertz CT molecular complexity index is 2090. The molecule has 3 fully saturated rings. The molecule has 17 heteroatoms. The number of hydrogen-bond donors (Lipinski definition) is 3. The number of nitrogens with zero attached hydrogens (tertiary/aromatic N) is 4. The van der Waals surface area contributed by atoms with Gasteiger partial charge in [-0.1, -0.05) is 31.9 Å². The molecule has 3 aromatic rings. The van der Waals surface area contributed by atoms with E-state index in [-0.39, 0.29) is 30.8 Å². The van der Waals surface area contributed by atoms with E-state index in [4.69, 9.17) is 4.74 Å². The molecule has 282 valence electrons. The van der Waals surface area contributed by atoms with Crippen LogP contribution in [0.5, 0.6) is 5.88 Å². The Morgan fingerprint density at radius 2 is 1.94 bits per heavy atom. The highest BCUT2D eigenvalue weighted by molar-refractivity contribution is 7.91. The minimum atomic E-state index is -3.91. The lowest BCUT2D eigenvalue weighted by Crippen LogP contribution is -2.58. The molecule has 53 heavy (non-hydrogen) atoms. The molecule has 3 N–H and O–H groups in total. The Morgan fingerprint density at radius 1 is 1.13 bits per heavy atom. The Kier molecular flexibility index (Phi) is 10.2. The number of sulfonamides is 1. The first-order chi connectivity index (χ1) is 25.4. The van der Waals surface area contributed by atoms with Crippen LogP contribution in [0.15, 0.2) is 35.9 Å². The van der Waals surface area contributed by atoms with Gasteiger partial charge in [0, 0.05) is 18.4 Å². The van der Waals surface area contributed by atoms with Crippen LogP contribution in [0.1, 0.15) is 85.8 Å². The Balaban J connectivity index is 1.21. The number of carbonyl (C=O) groups is 4. The van der Waals surface area contributed by atoms with E-state index in [2.05, 4.69) is 30.3 Å². The molecular weight excluding hydrogens is 726 g/mol. The first kappa shape index (κ1) is 36.8. The molecule has 14 nitrogen and oxygen atoms in total. The summed E-state index contributed by atoms with van der Waals surface area (Å²) in [6.45, 7) is 3.52. The first-order valence-corrected chi connectivity index (χ1v) is 20.5. The maximum Gasteiger partial charge on any atom is 0.263 e. The lowest BCUT2D eigenvalue weighted by atomic mass is 10.0. The van der Waals surface area contributed by atoms with Crippen molar-refractivity contribution in [2.75, 3.05) is 6.54 Å². The lowest BCUT2D eigenvalue weighted by molar-refractivity contribution is -0.141. The van der Waals surface area contributed by atoms with Crippen LogP contribution in [0.25, 0.3) is 11.0 Å². The molecule has 0 bridgehead atoms. The van der Waals surface area contributed by atoms with Gasteiger partial charge >= 0.3 is 0 Å². The van der Waals surface area contributed by atoms with Gasteiger partial charge in [0.1, 0.15) is 40.1 Å². The number of nitrogens with one attached hydrogen (secondary N) is 3. The van der Waals surface area contributed by atoms with Crippen LogP contribution in [-0.4, -0.2) is 87.4 Å². The summed E-state index contributed by atoms with van der Waals surface area (Å²) in [5.41, 5.74) is 1.84. The second-order valence-electron chi connectivity index (χ2n) is 14.2. The van der Waals surface area contributed by atoms with Crippen LogP contribution in [0.3, 0.4) is 0 Å². The average Bonchev–Trinajstić information content (AvgIpc) is 4.01. The van der Waals surface area contributed by atoms with Crippen LogP contribution < -0.4 is 20.1 Å². The third kappa shape index (κ3) is 7.77. The van der Waals surface area contributed by atoms with Gasteiger partial charge < -0.3 is 20.3 Å². The highest BCUT2D eigenvalue weighted by Crippen LogP contribution is 2.46. The highest BCUT2D eigenvalue weighted by atomic mass is 32.2. The van der Waals surface area contributed by atoms with E-state index in [1.807, 2.05) is 19.1 Å². The Labute approximate surface area is 310 Å². The van der Waals surface area contributed by atoms with E-state index in [9.17, 15) is 32.0 Å². The molecule has 1 aromatic carbocycles. The Morgan fingerprint density at radius 3 is 2.68 bits per heavy atom. The van der Waals surface area contributed by atoms with Gasteiger partial charge in [0.05, 0.1) is 34.0 Å². The van der Waals surface area contributed by atoms with Crippen LogP contribution >= 0.6 is 11.3 Å². The summed E-state index contributed by atoms with van der Waals surface area (Å²) in [6, 6.07) is 1.94. The van der Waals surface area contributed by atoms with E-state index in [1.165, 1.54) is 23.1 Å². The fourth-order valence-electron chi connectivity index (χ4n) is 7.12. The fourth-order valence-corrected chi connectivity index (χ4v) is 9.19. The summed E-state index contributed by atoms with van der Waals surface area (Å²) in [7, 11) is -3.91. The zero-order valence-corrected chi connectivity index (χ0v) is 31.1. The predicted molar refractivity (Wildman–Crippen MR) is 193 cm³/mol. The topological polar surface area (TPSA) is 190 Å². The number of fused-ring (bicyclic) bond motifs is 3. The molecule has 4 amide bonds. The average molecular weight is 768 g/mol. The summed E-state index contributed by atoms with van der Waals surface area (Å²) in [5, 5.41) is 5.10. The molecule has 1 saturated heterocycles. The first-order valence-electron chi connectivity index (χ1n) is 18.1.